The van der Waals surface area contributed by atoms with Crippen LogP contribution in [-0.2, 0) is 0 Å². The van der Waals surface area contributed by atoms with Gasteiger partial charge in [-0.2, -0.15) is 0 Å². The highest BCUT2D eigenvalue weighted by molar-refractivity contribution is 4.81. The van der Waals surface area contributed by atoms with Crippen LogP contribution in [0.25, 0.3) is 0 Å². The van der Waals surface area contributed by atoms with Crippen molar-refractivity contribution in [2.45, 2.75) is 52.2 Å². The molecule has 1 aliphatic heterocycles. The molecule has 78 valence electrons. The van der Waals surface area contributed by atoms with E-state index in [1.807, 2.05) is 0 Å². The van der Waals surface area contributed by atoms with Crippen LogP contribution >= 0.6 is 0 Å². The Morgan fingerprint density at radius 2 is 2.15 bits per heavy atom. The highest BCUT2D eigenvalue weighted by Crippen LogP contribution is 2.22. The molecule has 0 aromatic carbocycles. The van der Waals surface area contributed by atoms with E-state index >= 15 is 0 Å². The van der Waals surface area contributed by atoms with Crippen molar-refractivity contribution in [2.24, 2.45) is 5.92 Å². The molecule has 1 fully saturated rings. The minimum atomic E-state index is -0.113. The van der Waals surface area contributed by atoms with Crippen LogP contribution in [0.4, 0.5) is 0 Å². The molecule has 0 aromatic rings. The molecule has 1 aliphatic rings. The van der Waals surface area contributed by atoms with Crippen molar-refractivity contribution in [3.63, 3.8) is 0 Å². The van der Waals surface area contributed by atoms with Crippen LogP contribution in [0.1, 0.15) is 40.0 Å². The van der Waals surface area contributed by atoms with E-state index in [1.165, 1.54) is 13.0 Å². The molecule has 0 aromatic heterocycles. The van der Waals surface area contributed by atoms with Crippen molar-refractivity contribution in [3.05, 3.63) is 0 Å². The smallest absolute Gasteiger partial charge is 0.0667 e. The molecule has 0 saturated carbocycles. The minimum absolute atomic E-state index is 0.113. The topological polar surface area (TPSA) is 23.5 Å². The van der Waals surface area contributed by atoms with E-state index < -0.39 is 0 Å². The van der Waals surface area contributed by atoms with Crippen molar-refractivity contribution in [1.82, 2.24) is 4.90 Å². The first-order valence-corrected chi connectivity index (χ1v) is 5.55. The zero-order valence-electron chi connectivity index (χ0n) is 9.16. The van der Waals surface area contributed by atoms with E-state index in [0.717, 1.165) is 25.3 Å². The van der Waals surface area contributed by atoms with Gasteiger partial charge in [-0.15, -0.1) is 0 Å². The molecule has 2 nitrogen and oxygen atoms in total. The van der Waals surface area contributed by atoms with Crippen molar-refractivity contribution in [2.75, 3.05) is 13.1 Å². The van der Waals surface area contributed by atoms with Gasteiger partial charge < -0.3 is 5.11 Å². The molecule has 1 N–H and O–H groups in total. The standard InChI is InChI=1S/C11H23NO/c1-4-5-11(13)8-12-7-9(2)6-10(12)3/h9-11,13H,4-8H2,1-3H3. The monoisotopic (exact) mass is 185 g/mol. The zero-order chi connectivity index (χ0) is 9.84. The van der Waals surface area contributed by atoms with Gasteiger partial charge in [-0.3, -0.25) is 4.90 Å². The Morgan fingerprint density at radius 3 is 2.62 bits per heavy atom. The van der Waals surface area contributed by atoms with Crippen molar-refractivity contribution < 1.29 is 5.11 Å². The molecule has 0 spiro atoms. The van der Waals surface area contributed by atoms with Gasteiger partial charge in [-0.25, -0.2) is 0 Å². The molecule has 1 heterocycles. The molecule has 1 saturated heterocycles. The predicted molar refractivity (Wildman–Crippen MR) is 55.7 cm³/mol. The van der Waals surface area contributed by atoms with Crippen molar-refractivity contribution in [3.8, 4) is 0 Å². The number of aliphatic hydroxyl groups is 1. The Labute approximate surface area is 81.9 Å². The molecule has 0 amide bonds. The number of likely N-dealkylation sites (tertiary alicyclic amines) is 1. The van der Waals surface area contributed by atoms with Crippen LogP contribution in [0.3, 0.4) is 0 Å². The maximum absolute atomic E-state index is 9.67. The Bertz CT molecular complexity index is 149. The molecule has 1 rings (SSSR count). The summed E-state index contributed by atoms with van der Waals surface area (Å²) in [6.07, 6.45) is 3.20. The second-order valence-corrected chi connectivity index (χ2v) is 4.59. The summed E-state index contributed by atoms with van der Waals surface area (Å²) in [4.78, 5) is 2.42. The molecule has 3 atom stereocenters. The summed E-state index contributed by atoms with van der Waals surface area (Å²) in [5.74, 6) is 0.809. The van der Waals surface area contributed by atoms with E-state index in [9.17, 15) is 5.11 Å². The molecule has 0 bridgehead atoms. The van der Waals surface area contributed by atoms with Crippen LogP contribution in [0.5, 0.6) is 0 Å². The van der Waals surface area contributed by atoms with Gasteiger partial charge in [-0.05, 0) is 25.7 Å². The summed E-state index contributed by atoms with van der Waals surface area (Å²) in [6, 6.07) is 0.668. The number of rotatable bonds is 4. The summed E-state index contributed by atoms with van der Waals surface area (Å²) in [6.45, 7) is 8.73. The third-order valence-electron chi connectivity index (χ3n) is 2.98. The quantitative estimate of drug-likeness (QED) is 0.723. The Kier molecular flexibility index (Phi) is 4.20. The lowest BCUT2D eigenvalue weighted by Gasteiger charge is -2.23. The molecular weight excluding hydrogens is 162 g/mol. The fraction of sp³-hybridized carbons (Fsp3) is 1.00. The van der Waals surface area contributed by atoms with Gasteiger partial charge in [-0.1, -0.05) is 20.3 Å². The first-order chi connectivity index (χ1) is 6.13. The first-order valence-electron chi connectivity index (χ1n) is 5.55. The molecule has 0 aliphatic carbocycles. The number of nitrogens with zero attached hydrogens (tertiary/aromatic N) is 1. The van der Waals surface area contributed by atoms with Crippen LogP contribution in [0.2, 0.25) is 0 Å². The van der Waals surface area contributed by atoms with Gasteiger partial charge in [0.25, 0.3) is 0 Å². The Morgan fingerprint density at radius 1 is 1.46 bits per heavy atom. The zero-order valence-corrected chi connectivity index (χ0v) is 9.16. The van der Waals surface area contributed by atoms with Crippen LogP contribution in [0, 0.1) is 5.92 Å². The first kappa shape index (κ1) is 11.0. The maximum atomic E-state index is 9.67. The Balaban J connectivity index is 2.28. The molecular formula is C11H23NO. The average molecular weight is 185 g/mol. The summed E-state index contributed by atoms with van der Waals surface area (Å²) < 4.78 is 0. The lowest BCUT2D eigenvalue weighted by molar-refractivity contribution is 0.101. The highest BCUT2D eigenvalue weighted by atomic mass is 16.3. The normalized spacial score (nSPS) is 32.3. The van der Waals surface area contributed by atoms with Crippen molar-refractivity contribution >= 4 is 0 Å². The fourth-order valence-electron chi connectivity index (χ4n) is 2.34. The highest BCUT2D eigenvalue weighted by Gasteiger charge is 2.26. The minimum Gasteiger partial charge on any atom is -0.392 e. The van der Waals surface area contributed by atoms with E-state index in [1.54, 1.807) is 0 Å². The van der Waals surface area contributed by atoms with Gasteiger partial charge >= 0.3 is 0 Å². The molecule has 2 heteroatoms. The largest absolute Gasteiger partial charge is 0.392 e. The summed E-state index contributed by atoms with van der Waals surface area (Å²) in [5, 5.41) is 9.67. The van der Waals surface area contributed by atoms with Crippen LogP contribution in [-0.4, -0.2) is 35.2 Å². The lowest BCUT2D eigenvalue weighted by atomic mass is 10.1. The van der Waals surface area contributed by atoms with Gasteiger partial charge in [0, 0.05) is 19.1 Å². The second kappa shape index (κ2) is 4.97. The summed E-state index contributed by atoms with van der Waals surface area (Å²) >= 11 is 0. The fourth-order valence-corrected chi connectivity index (χ4v) is 2.34. The number of aliphatic hydroxyl groups excluding tert-OH is 1. The maximum Gasteiger partial charge on any atom is 0.0667 e. The molecule has 0 radical (unpaired) electrons. The average Bonchev–Trinajstić information content (AvgIpc) is 2.30. The second-order valence-electron chi connectivity index (χ2n) is 4.59. The van der Waals surface area contributed by atoms with Gasteiger partial charge in [0.05, 0.1) is 6.10 Å². The third kappa shape index (κ3) is 3.28. The van der Waals surface area contributed by atoms with Crippen molar-refractivity contribution in [1.29, 1.82) is 0 Å². The van der Waals surface area contributed by atoms with E-state index in [4.69, 9.17) is 0 Å². The summed E-state index contributed by atoms with van der Waals surface area (Å²) in [5.41, 5.74) is 0. The predicted octanol–water partition coefficient (Wildman–Crippen LogP) is 1.88. The number of hydrogen-bond acceptors (Lipinski definition) is 2. The van der Waals surface area contributed by atoms with E-state index in [-0.39, 0.29) is 6.10 Å². The van der Waals surface area contributed by atoms with Gasteiger partial charge in [0.2, 0.25) is 0 Å². The Hall–Kier alpha value is -0.0800. The van der Waals surface area contributed by atoms with Gasteiger partial charge in [0.15, 0.2) is 0 Å². The van der Waals surface area contributed by atoms with E-state index in [2.05, 4.69) is 25.7 Å². The SMILES string of the molecule is CCCC(O)CN1CC(C)CC1C. The molecule has 13 heavy (non-hydrogen) atoms. The lowest BCUT2D eigenvalue weighted by Crippen LogP contribution is -2.34. The number of hydrogen-bond donors (Lipinski definition) is 1. The summed E-state index contributed by atoms with van der Waals surface area (Å²) in [7, 11) is 0. The van der Waals surface area contributed by atoms with Crippen LogP contribution in [0.15, 0.2) is 0 Å². The molecule has 3 unspecified atom stereocenters. The number of β-amino-alcohol motifs (C(OH)–C–C–N with tert-alkyl or cyclic N) is 1. The van der Waals surface area contributed by atoms with Crippen LogP contribution < -0.4 is 0 Å². The third-order valence-corrected chi connectivity index (χ3v) is 2.98. The van der Waals surface area contributed by atoms with E-state index in [0.29, 0.717) is 6.04 Å². The van der Waals surface area contributed by atoms with Gasteiger partial charge in [0.1, 0.15) is 0 Å².